The van der Waals surface area contributed by atoms with Crippen LogP contribution in [0.5, 0.6) is 0 Å². The fourth-order valence-corrected chi connectivity index (χ4v) is 2.90. The average molecular weight is 377 g/mol. The Hall–Kier alpha value is -2.07. The molecule has 1 heterocycles. The van der Waals surface area contributed by atoms with E-state index in [1.807, 2.05) is 0 Å². The highest BCUT2D eigenvalue weighted by Gasteiger charge is 2.26. The Balaban J connectivity index is 1.83. The summed E-state index contributed by atoms with van der Waals surface area (Å²) in [7, 11) is -4.72. The molecule has 1 saturated heterocycles. The highest BCUT2D eigenvalue weighted by molar-refractivity contribution is 7.91. The lowest BCUT2D eigenvalue weighted by molar-refractivity contribution is -0.124. The van der Waals surface area contributed by atoms with Crippen LogP contribution in [0.3, 0.4) is 0 Å². The third-order valence-corrected chi connectivity index (χ3v) is 4.94. The van der Waals surface area contributed by atoms with E-state index >= 15 is 0 Å². The number of halogens is 2. The minimum absolute atomic E-state index is 0.0380. The molecule has 1 amide bonds. The summed E-state index contributed by atoms with van der Waals surface area (Å²) in [6, 6.07) is 3.86. The maximum Gasteiger partial charge on any atom is 0.341 e. The van der Waals surface area contributed by atoms with Crippen molar-refractivity contribution in [3.63, 3.8) is 0 Å². The summed E-state index contributed by atoms with van der Waals surface area (Å²) in [4.78, 5) is 22.8. The van der Waals surface area contributed by atoms with Gasteiger partial charge in [-0.15, -0.1) is 0 Å². The Kier molecular flexibility index (Phi) is 6.43. The number of hydrogen-bond donors (Lipinski definition) is 1. The van der Waals surface area contributed by atoms with Crippen LogP contribution in [0.1, 0.15) is 23.2 Å². The van der Waals surface area contributed by atoms with Crippen LogP contribution >= 0.6 is 0 Å². The number of alkyl halides is 2. The van der Waals surface area contributed by atoms with Gasteiger partial charge in [-0.3, -0.25) is 4.79 Å². The monoisotopic (exact) mass is 377 g/mol. The van der Waals surface area contributed by atoms with Crippen molar-refractivity contribution in [1.82, 2.24) is 5.32 Å². The molecule has 25 heavy (non-hydrogen) atoms. The number of nitrogens with one attached hydrogen (secondary N) is 1. The van der Waals surface area contributed by atoms with Crippen LogP contribution < -0.4 is 5.32 Å². The Labute approximate surface area is 143 Å². The van der Waals surface area contributed by atoms with Crippen LogP contribution in [0, 0.1) is 0 Å². The second kappa shape index (κ2) is 8.34. The predicted octanol–water partition coefficient (Wildman–Crippen LogP) is 1.13. The molecule has 138 valence electrons. The molecule has 0 bridgehead atoms. The smallest absolute Gasteiger partial charge is 0.341 e. The van der Waals surface area contributed by atoms with Gasteiger partial charge in [0.2, 0.25) is 9.84 Å². The lowest BCUT2D eigenvalue weighted by atomic mass is 10.2. The molecular weight excluding hydrogens is 360 g/mol. The van der Waals surface area contributed by atoms with Gasteiger partial charge >= 0.3 is 11.7 Å². The molecular formula is C15H17F2NO6S. The third-order valence-electron chi connectivity index (χ3n) is 3.54. The molecule has 0 spiro atoms. The zero-order valence-corrected chi connectivity index (χ0v) is 13.9. The molecule has 1 aromatic carbocycles. The van der Waals surface area contributed by atoms with Crippen LogP contribution in [-0.4, -0.2) is 51.9 Å². The Morgan fingerprint density at radius 3 is 2.52 bits per heavy atom. The topological polar surface area (TPSA) is 98.8 Å². The van der Waals surface area contributed by atoms with E-state index in [9.17, 15) is 26.8 Å². The minimum Gasteiger partial charge on any atom is -0.452 e. The van der Waals surface area contributed by atoms with Gasteiger partial charge in [0.05, 0.1) is 16.6 Å². The van der Waals surface area contributed by atoms with Crippen LogP contribution in [0.2, 0.25) is 0 Å². The molecule has 7 nitrogen and oxygen atoms in total. The Bertz CT molecular complexity index is 714. The second-order valence-corrected chi connectivity index (χ2v) is 7.26. The summed E-state index contributed by atoms with van der Waals surface area (Å²) in [5.74, 6) is -4.91. The molecule has 0 aliphatic carbocycles. The molecule has 2 rings (SSSR count). The van der Waals surface area contributed by atoms with Crippen molar-refractivity contribution in [2.24, 2.45) is 0 Å². The van der Waals surface area contributed by atoms with Gasteiger partial charge in [0.1, 0.15) is 0 Å². The maximum absolute atomic E-state index is 12.4. The summed E-state index contributed by atoms with van der Waals surface area (Å²) in [6.45, 7) is 0.478. The van der Waals surface area contributed by atoms with E-state index in [0.717, 1.165) is 37.1 Å². The first-order valence-corrected chi connectivity index (χ1v) is 9.03. The van der Waals surface area contributed by atoms with E-state index in [1.165, 1.54) is 0 Å². The first-order valence-electron chi connectivity index (χ1n) is 7.48. The average Bonchev–Trinajstić information content (AvgIpc) is 3.11. The molecule has 1 N–H and O–H groups in total. The van der Waals surface area contributed by atoms with Gasteiger partial charge in [0.25, 0.3) is 5.91 Å². The van der Waals surface area contributed by atoms with Gasteiger partial charge in [0, 0.05) is 13.2 Å². The molecule has 1 aliphatic rings. The number of ether oxygens (including phenoxy) is 2. The van der Waals surface area contributed by atoms with Crippen LogP contribution in [0.4, 0.5) is 8.78 Å². The molecule has 1 aromatic rings. The van der Waals surface area contributed by atoms with Gasteiger partial charge < -0.3 is 14.8 Å². The standard InChI is InChI=1S/C15H17F2NO6S/c16-15(17)25(21,22)12-5-3-10(4-6-12)14(20)24-9-13(19)18-8-11-2-1-7-23-11/h3-6,11,15H,1-2,7-9H2,(H,18,19)/t11-/m0/s1. The van der Waals surface area contributed by atoms with E-state index in [-0.39, 0.29) is 11.7 Å². The normalized spacial score (nSPS) is 17.5. The van der Waals surface area contributed by atoms with Crippen molar-refractivity contribution < 1.29 is 36.3 Å². The lowest BCUT2D eigenvalue weighted by Gasteiger charge is -2.11. The minimum atomic E-state index is -4.72. The summed E-state index contributed by atoms with van der Waals surface area (Å²) in [6.07, 6.45) is 1.75. The summed E-state index contributed by atoms with van der Waals surface area (Å²) < 4.78 is 57.5. The van der Waals surface area contributed by atoms with Crippen molar-refractivity contribution in [2.75, 3.05) is 19.8 Å². The molecule has 1 atom stereocenters. The van der Waals surface area contributed by atoms with Gasteiger partial charge in [-0.2, -0.15) is 8.78 Å². The van der Waals surface area contributed by atoms with Crippen molar-refractivity contribution >= 4 is 21.7 Å². The van der Waals surface area contributed by atoms with Crippen molar-refractivity contribution in [1.29, 1.82) is 0 Å². The highest BCUT2D eigenvalue weighted by atomic mass is 32.2. The second-order valence-electron chi connectivity index (χ2n) is 5.35. The zero-order chi connectivity index (χ0) is 18.4. The number of carbonyl (C=O) groups is 2. The molecule has 0 unspecified atom stereocenters. The number of rotatable bonds is 7. The quantitative estimate of drug-likeness (QED) is 0.716. The number of benzene rings is 1. The van der Waals surface area contributed by atoms with Gasteiger partial charge in [-0.25, -0.2) is 13.2 Å². The first-order chi connectivity index (χ1) is 11.8. The van der Waals surface area contributed by atoms with E-state index in [1.54, 1.807) is 0 Å². The molecule has 0 saturated carbocycles. The number of esters is 1. The number of carbonyl (C=O) groups excluding carboxylic acids is 2. The fraction of sp³-hybridized carbons (Fsp3) is 0.467. The first kappa shape index (κ1) is 19.3. The summed E-state index contributed by atoms with van der Waals surface area (Å²) >= 11 is 0. The predicted molar refractivity (Wildman–Crippen MR) is 81.9 cm³/mol. The van der Waals surface area contributed by atoms with Gasteiger partial charge in [0.15, 0.2) is 6.61 Å². The highest BCUT2D eigenvalue weighted by Crippen LogP contribution is 2.18. The Morgan fingerprint density at radius 1 is 1.28 bits per heavy atom. The molecule has 1 fully saturated rings. The molecule has 10 heteroatoms. The summed E-state index contributed by atoms with van der Waals surface area (Å²) in [5.41, 5.74) is -0.0554. The molecule has 0 radical (unpaired) electrons. The van der Waals surface area contributed by atoms with E-state index in [0.29, 0.717) is 13.2 Å². The number of amides is 1. The lowest BCUT2D eigenvalue weighted by Crippen LogP contribution is -2.34. The number of sulfone groups is 1. The molecule has 1 aliphatic heterocycles. The van der Waals surface area contributed by atoms with E-state index < -0.39 is 39.0 Å². The van der Waals surface area contributed by atoms with Crippen LogP contribution in [-0.2, 0) is 24.1 Å². The van der Waals surface area contributed by atoms with Gasteiger partial charge in [-0.05, 0) is 37.1 Å². The fourth-order valence-electron chi connectivity index (χ4n) is 2.18. The number of hydrogen-bond acceptors (Lipinski definition) is 6. The maximum atomic E-state index is 12.4. The third kappa shape index (κ3) is 5.20. The van der Waals surface area contributed by atoms with Crippen LogP contribution in [0.15, 0.2) is 29.2 Å². The van der Waals surface area contributed by atoms with Crippen molar-refractivity contribution in [3.8, 4) is 0 Å². The van der Waals surface area contributed by atoms with Gasteiger partial charge in [-0.1, -0.05) is 0 Å². The van der Waals surface area contributed by atoms with E-state index in [4.69, 9.17) is 9.47 Å². The largest absolute Gasteiger partial charge is 0.452 e. The molecule has 0 aromatic heterocycles. The van der Waals surface area contributed by atoms with Crippen molar-refractivity contribution in [2.45, 2.75) is 29.6 Å². The zero-order valence-electron chi connectivity index (χ0n) is 13.1. The van der Waals surface area contributed by atoms with Crippen molar-refractivity contribution in [3.05, 3.63) is 29.8 Å². The summed E-state index contributed by atoms with van der Waals surface area (Å²) in [5, 5.41) is 2.57. The SMILES string of the molecule is O=C(COC(=O)c1ccc(S(=O)(=O)C(F)F)cc1)NC[C@@H]1CCCO1. The van der Waals surface area contributed by atoms with E-state index in [2.05, 4.69) is 5.32 Å². The van der Waals surface area contributed by atoms with Crippen LogP contribution in [0.25, 0.3) is 0 Å². The Morgan fingerprint density at radius 2 is 1.96 bits per heavy atom.